The van der Waals surface area contributed by atoms with E-state index in [2.05, 4.69) is 15.0 Å². The fourth-order valence-electron chi connectivity index (χ4n) is 3.57. The maximum atomic E-state index is 13.0. The molecule has 0 bridgehead atoms. The van der Waals surface area contributed by atoms with Crippen molar-refractivity contribution in [3.63, 3.8) is 0 Å². The molecule has 3 aromatic rings. The lowest BCUT2D eigenvalue weighted by Crippen LogP contribution is -2.37. The highest BCUT2D eigenvalue weighted by Gasteiger charge is 2.32. The Morgan fingerprint density at radius 2 is 1.73 bits per heavy atom. The number of alkyl halides is 3. The summed E-state index contributed by atoms with van der Waals surface area (Å²) in [6.45, 7) is 5.63. The predicted octanol–water partition coefficient (Wildman–Crippen LogP) is 6.02. The number of hydrogen-bond donors (Lipinski definition) is 1. The van der Waals surface area contributed by atoms with Gasteiger partial charge >= 0.3 is 24.4 Å². The molecular formula is C27H30ClF3N4O6. The topological polar surface area (TPSA) is 104 Å². The van der Waals surface area contributed by atoms with Crippen molar-refractivity contribution in [1.29, 1.82) is 0 Å². The van der Waals surface area contributed by atoms with E-state index in [4.69, 9.17) is 25.8 Å². The van der Waals surface area contributed by atoms with Crippen LogP contribution in [0, 0.1) is 0 Å². The number of nitrogens with zero attached hydrogens (tertiary/aromatic N) is 3. The number of methoxy groups -OCH3 is 1. The Morgan fingerprint density at radius 3 is 2.34 bits per heavy atom. The van der Waals surface area contributed by atoms with Crippen molar-refractivity contribution in [1.82, 2.24) is 14.9 Å². The third kappa shape index (κ3) is 9.48. The van der Waals surface area contributed by atoms with Gasteiger partial charge in [-0.1, -0.05) is 29.8 Å². The molecule has 0 aliphatic rings. The van der Waals surface area contributed by atoms with E-state index in [1.807, 2.05) is 0 Å². The van der Waals surface area contributed by atoms with E-state index in [0.29, 0.717) is 5.02 Å². The number of amides is 1. The van der Waals surface area contributed by atoms with Gasteiger partial charge in [-0.15, -0.1) is 13.2 Å². The van der Waals surface area contributed by atoms with Crippen LogP contribution in [0.5, 0.6) is 17.5 Å². The minimum Gasteiger partial charge on any atom is -0.464 e. The van der Waals surface area contributed by atoms with Gasteiger partial charge in [-0.25, -0.2) is 9.59 Å². The van der Waals surface area contributed by atoms with Crippen LogP contribution in [-0.4, -0.2) is 60.8 Å². The first-order chi connectivity index (χ1) is 19.1. The van der Waals surface area contributed by atoms with Gasteiger partial charge in [-0.2, -0.15) is 4.98 Å². The van der Waals surface area contributed by atoms with Crippen LogP contribution in [0.3, 0.4) is 0 Å². The van der Waals surface area contributed by atoms with Gasteiger partial charge in [0, 0.05) is 31.2 Å². The van der Waals surface area contributed by atoms with Crippen molar-refractivity contribution >= 4 is 29.5 Å². The van der Waals surface area contributed by atoms with Crippen LogP contribution >= 0.6 is 11.6 Å². The molecule has 2 aromatic carbocycles. The van der Waals surface area contributed by atoms with Gasteiger partial charge in [0.05, 0.1) is 13.7 Å². The molecule has 1 N–H and O–H groups in total. The van der Waals surface area contributed by atoms with Gasteiger partial charge in [-0.05, 0) is 50.6 Å². The summed E-state index contributed by atoms with van der Waals surface area (Å²) in [4.78, 5) is 31.1. The second kappa shape index (κ2) is 13.0. The van der Waals surface area contributed by atoms with Crippen LogP contribution < -0.4 is 19.7 Å². The molecule has 3 rings (SSSR count). The van der Waals surface area contributed by atoms with Crippen LogP contribution in [0.1, 0.15) is 36.8 Å². The zero-order valence-corrected chi connectivity index (χ0v) is 23.8. The molecule has 14 heteroatoms. The van der Waals surface area contributed by atoms with E-state index >= 15 is 0 Å². The number of ether oxygens (including phenoxy) is 4. The molecule has 1 aromatic heterocycles. The fraction of sp³-hybridized carbons (Fsp3) is 0.370. The maximum Gasteiger partial charge on any atom is 0.573 e. The number of aromatic nitrogens is 2. The minimum atomic E-state index is -4.90. The highest BCUT2D eigenvalue weighted by molar-refractivity contribution is 6.30. The predicted molar refractivity (Wildman–Crippen MR) is 145 cm³/mol. The van der Waals surface area contributed by atoms with Gasteiger partial charge in [0.25, 0.3) is 0 Å². The lowest BCUT2D eigenvalue weighted by atomic mass is 10.2. The number of benzene rings is 2. The molecule has 0 saturated carbocycles. The zero-order valence-electron chi connectivity index (χ0n) is 23.0. The molecule has 0 radical (unpaired) electrons. The fourth-order valence-corrected chi connectivity index (χ4v) is 3.69. The van der Waals surface area contributed by atoms with Crippen LogP contribution in [0.2, 0.25) is 5.02 Å². The van der Waals surface area contributed by atoms with Crippen molar-refractivity contribution in [2.24, 2.45) is 0 Å². The van der Waals surface area contributed by atoms with Crippen molar-refractivity contribution in [2.75, 3.05) is 32.1 Å². The third-order valence-corrected chi connectivity index (χ3v) is 5.52. The number of hydrogen-bond acceptors (Lipinski definition) is 8. The van der Waals surface area contributed by atoms with E-state index < -0.39 is 29.8 Å². The number of alkyl carbamates (subject to hydrolysis) is 1. The third-order valence-electron chi connectivity index (χ3n) is 5.27. The quantitative estimate of drug-likeness (QED) is 0.282. The molecular weight excluding hydrogens is 569 g/mol. The van der Waals surface area contributed by atoms with Crippen molar-refractivity contribution < 1.29 is 41.7 Å². The highest BCUT2D eigenvalue weighted by Crippen LogP contribution is 2.33. The number of carbonyl (C=O) groups excluding carboxylic acids is 2. The Bertz CT molecular complexity index is 1360. The Morgan fingerprint density at radius 1 is 1.07 bits per heavy atom. The molecule has 0 fully saturated rings. The number of rotatable bonds is 10. The van der Waals surface area contributed by atoms with Gasteiger partial charge < -0.3 is 29.2 Å². The summed E-state index contributed by atoms with van der Waals surface area (Å²) in [5.74, 6) is -1.11. The van der Waals surface area contributed by atoms with Gasteiger partial charge in [0.1, 0.15) is 17.1 Å². The number of nitrogens with one attached hydrogen (secondary N) is 1. The molecule has 1 heterocycles. The van der Waals surface area contributed by atoms with Gasteiger partial charge in [0.2, 0.25) is 0 Å². The summed E-state index contributed by atoms with van der Waals surface area (Å²) in [6.07, 6.45) is -5.51. The number of likely N-dealkylation sites (N-methyl/N-ethyl adjacent to an activating group) is 1. The first-order valence-corrected chi connectivity index (χ1v) is 12.7. The number of esters is 1. The van der Waals surface area contributed by atoms with E-state index in [-0.39, 0.29) is 42.9 Å². The summed E-state index contributed by atoms with van der Waals surface area (Å²) in [5, 5.41) is 3.13. The molecule has 10 nitrogen and oxygen atoms in total. The Balaban J connectivity index is 1.97. The van der Waals surface area contributed by atoms with Crippen LogP contribution in [0.25, 0.3) is 0 Å². The first-order valence-electron chi connectivity index (χ1n) is 12.3. The lowest BCUT2D eigenvalue weighted by molar-refractivity contribution is -0.274. The second-order valence-electron chi connectivity index (χ2n) is 9.75. The lowest BCUT2D eigenvalue weighted by Gasteiger charge is -2.21. The van der Waals surface area contributed by atoms with Gasteiger partial charge in [0.15, 0.2) is 11.5 Å². The molecule has 0 unspecified atom stereocenters. The Hall–Kier alpha value is -4.13. The van der Waals surface area contributed by atoms with Crippen molar-refractivity contribution in [3.05, 3.63) is 64.8 Å². The summed E-state index contributed by atoms with van der Waals surface area (Å²) < 4.78 is 59.8. The number of carbonyl (C=O) groups is 2. The number of anilines is 1. The summed E-state index contributed by atoms with van der Waals surface area (Å²) in [5.41, 5.74) is 0.0556. The Kier molecular flexibility index (Phi) is 9.97. The molecule has 222 valence electrons. The van der Waals surface area contributed by atoms with Crippen molar-refractivity contribution in [2.45, 2.75) is 39.3 Å². The highest BCUT2D eigenvalue weighted by atomic mass is 35.5. The SMILES string of the molecule is COC(=O)c1c(N(C)CCNC(=O)OC(C)(C)C)nc(Oc2cccc(OC(F)(F)F)c2)n1Cc1ccc(Cl)cc1. The average Bonchev–Trinajstić information content (AvgIpc) is 3.20. The average molecular weight is 599 g/mol. The molecule has 0 aliphatic carbocycles. The maximum absolute atomic E-state index is 13.0. The molecule has 0 aliphatic heterocycles. The molecule has 41 heavy (non-hydrogen) atoms. The molecule has 0 atom stereocenters. The number of halogens is 4. The Labute approximate surface area is 239 Å². The molecule has 0 spiro atoms. The first kappa shape index (κ1) is 31.4. The van der Waals surface area contributed by atoms with E-state index in [0.717, 1.165) is 17.7 Å². The van der Waals surface area contributed by atoms with E-state index in [1.54, 1.807) is 57.0 Å². The largest absolute Gasteiger partial charge is 0.573 e. The minimum absolute atomic E-state index is 0.0138. The van der Waals surface area contributed by atoms with Crippen LogP contribution in [0.4, 0.5) is 23.8 Å². The summed E-state index contributed by atoms with van der Waals surface area (Å²) >= 11 is 6.01. The second-order valence-corrected chi connectivity index (χ2v) is 10.2. The molecule has 0 saturated heterocycles. The number of imidazole rings is 1. The normalized spacial score (nSPS) is 11.5. The monoisotopic (exact) mass is 598 g/mol. The summed E-state index contributed by atoms with van der Waals surface area (Å²) in [7, 11) is 2.84. The zero-order chi connectivity index (χ0) is 30.4. The van der Waals surface area contributed by atoms with E-state index in [1.165, 1.54) is 23.8 Å². The summed E-state index contributed by atoms with van der Waals surface area (Å²) in [6, 6.07) is 11.6. The van der Waals surface area contributed by atoms with Crippen LogP contribution in [-0.2, 0) is 16.0 Å². The van der Waals surface area contributed by atoms with Crippen molar-refractivity contribution in [3.8, 4) is 17.5 Å². The van der Waals surface area contributed by atoms with E-state index in [9.17, 15) is 22.8 Å². The van der Waals surface area contributed by atoms with Crippen LogP contribution in [0.15, 0.2) is 48.5 Å². The smallest absolute Gasteiger partial charge is 0.464 e. The molecule has 1 amide bonds. The standard InChI is InChI=1S/C27H30ClF3N4O6/c1-26(2,3)41-25(37)32-13-14-34(4)22-21(23(36)38-5)35(16-17-9-11-18(28)12-10-17)24(33-22)39-19-7-6-8-20(15-19)40-27(29,30)31/h6-12,15H,13-14,16H2,1-5H3,(H,32,37). The van der Waals surface area contributed by atoms with Gasteiger partial charge in [-0.3, -0.25) is 4.57 Å².